The third-order valence-corrected chi connectivity index (χ3v) is 2.86. The Hall–Kier alpha value is -1.26. The van der Waals surface area contributed by atoms with Crippen LogP contribution in [0.25, 0.3) is 0 Å². The molecule has 1 rings (SSSR count). The summed E-state index contributed by atoms with van der Waals surface area (Å²) in [4.78, 5) is 21.9. The van der Waals surface area contributed by atoms with Crippen molar-refractivity contribution >= 4 is 11.9 Å². The molecule has 0 spiro atoms. The summed E-state index contributed by atoms with van der Waals surface area (Å²) in [7, 11) is 0. The average molecular weight is 279 g/mol. The monoisotopic (exact) mass is 279 g/mol. The van der Waals surface area contributed by atoms with Gasteiger partial charge in [0.2, 0.25) is 5.91 Å². The molecular formula is C10H17NO8. The number of aliphatic hydroxyl groups excluding tert-OH is 3. The second kappa shape index (κ2) is 5.80. The van der Waals surface area contributed by atoms with E-state index in [9.17, 15) is 24.9 Å². The summed E-state index contributed by atoms with van der Waals surface area (Å²) in [6.45, 7) is 0.371. The van der Waals surface area contributed by atoms with E-state index in [4.69, 9.17) is 14.9 Å². The lowest BCUT2D eigenvalue weighted by atomic mass is 9.90. The molecule has 1 aliphatic rings. The first-order valence-electron chi connectivity index (χ1n) is 5.59. The number of aliphatic hydroxyl groups is 4. The van der Waals surface area contributed by atoms with Crippen LogP contribution in [0.4, 0.5) is 0 Å². The summed E-state index contributed by atoms with van der Waals surface area (Å²) in [6.07, 6.45) is -5.16. The molecule has 0 aromatic carbocycles. The van der Waals surface area contributed by atoms with E-state index in [1.54, 1.807) is 0 Å². The molecule has 3 unspecified atom stereocenters. The van der Waals surface area contributed by atoms with Gasteiger partial charge in [-0.05, 0) is 0 Å². The summed E-state index contributed by atoms with van der Waals surface area (Å²) < 4.78 is 4.84. The third-order valence-electron chi connectivity index (χ3n) is 2.86. The first-order chi connectivity index (χ1) is 8.71. The highest BCUT2D eigenvalue weighted by Gasteiger charge is 2.52. The average Bonchev–Trinajstić information content (AvgIpc) is 2.30. The molecule has 0 aromatic heterocycles. The van der Waals surface area contributed by atoms with Crippen molar-refractivity contribution in [2.75, 3.05) is 6.61 Å². The Bertz CT molecular complexity index is 361. The topological polar surface area (TPSA) is 157 Å². The maximum atomic E-state index is 11.0. The molecule has 0 aromatic rings. The Kier molecular flexibility index (Phi) is 4.82. The number of carboxylic acid groups (broad SMARTS) is 1. The van der Waals surface area contributed by atoms with Gasteiger partial charge in [-0.3, -0.25) is 4.79 Å². The van der Waals surface area contributed by atoms with E-state index < -0.39 is 55.0 Å². The summed E-state index contributed by atoms with van der Waals surface area (Å²) >= 11 is 0. The summed E-state index contributed by atoms with van der Waals surface area (Å²) in [6, 6.07) is -1.14. The van der Waals surface area contributed by atoms with Crippen LogP contribution >= 0.6 is 0 Å². The van der Waals surface area contributed by atoms with Gasteiger partial charge in [0.15, 0.2) is 0 Å². The first kappa shape index (κ1) is 15.8. The van der Waals surface area contributed by atoms with Gasteiger partial charge in [-0.1, -0.05) is 0 Å². The van der Waals surface area contributed by atoms with E-state index in [-0.39, 0.29) is 0 Å². The number of carbonyl (C=O) groups excluding carboxylic acids is 1. The number of ether oxygens (including phenoxy) is 1. The minimum absolute atomic E-state index is 0.538. The zero-order valence-electron chi connectivity index (χ0n) is 10.2. The van der Waals surface area contributed by atoms with Crippen LogP contribution in [0.2, 0.25) is 0 Å². The zero-order chi connectivity index (χ0) is 14.8. The molecule has 19 heavy (non-hydrogen) atoms. The molecule has 0 bridgehead atoms. The lowest BCUT2D eigenvalue weighted by molar-refractivity contribution is -0.290. The molecule has 1 heterocycles. The summed E-state index contributed by atoms with van der Waals surface area (Å²) in [5, 5.41) is 49.1. The van der Waals surface area contributed by atoms with Crippen molar-refractivity contribution in [3.05, 3.63) is 0 Å². The number of nitrogens with one attached hydrogen (secondary N) is 1. The maximum absolute atomic E-state index is 11.0. The van der Waals surface area contributed by atoms with Crippen LogP contribution in [-0.4, -0.2) is 74.2 Å². The number of amides is 1. The van der Waals surface area contributed by atoms with Crippen molar-refractivity contribution in [3.8, 4) is 0 Å². The Morgan fingerprint density at radius 1 is 1.53 bits per heavy atom. The standard InChI is InChI=1S/C10H17NO8/c1-4(13)11-7-5(14)2-10(18,9(16)17)19-8(7)6(15)3-12/h5-8,12,14-15,18H,2-3H2,1H3,(H,11,13)(H,16,17)/t5?,6?,7-,8-,10?/m1/s1. The molecule has 1 aliphatic heterocycles. The van der Waals surface area contributed by atoms with Gasteiger partial charge in [0.25, 0.3) is 5.79 Å². The van der Waals surface area contributed by atoms with Crippen molar-refractivity contribution in [1.29, 1.82) is 0 Å². The molecule has 6 N–H and O–H groups in total. The largest absolute Gasteiger partial charge is 0.477 e. The van der Waals surface area contributed by atoms with Gasteiger partial charge in [0.1, 0.15) is 12.2 Å². The first-order valence-corrected chi connectivity index (χ1v) is 5.59. The van der Waals surface area contributed by atoms with E-state index in [0.29, 0.717) is 0 Å². The smallest absolute Gasteiger partial charge is 0.364 e. The van der Waals surface area contributed by atoms with Crippen LogP contribution in [0.3, 0.4) is 0 Å². The predicted molar refractivity (Wildman–Crippen MR) is 58.8 cm³/mol. The number of rotatable bonds is 4. The third kappa shape index (κ3) is 3.39. The fourth-order valence-electron chi connectivity index (χ4n) is 1.95. The SMILES string of the molecule is CC(=O)N[C@@H]1C(O)CC(O)(C(=O)O)O[C@@H]1C(O)CO. The number of aliphatic carboxylic acids is 1. The normalized spacial score (nSPS) is 36.6. The van der Waals surface area contributed by atoms with Crippen molar-refractivity contribution in [2.24, 2.45) is 0 Å². The van der Waals surface area contributed by atoms with Crippen LogP contribution in [0.1, 0.15) is 13.3 Å². The number of hydrogen-bond donors (Lipinski definition) is 6. The van der Waals surface area contributed by atoms with E-state index in [0.717, 1.165) is 6.92 Å². The van der Waals surface area contributed by atoms with Gasteiger partial charge >= 0.3 is 5.97 Å². The number of carbonyl (C=O) groups is 2. The van der Waals surface area contributed by atoms with Gasteiger partial charge < -0.3 is 35.6 Å². The molecule has 9 nitrogen and oxygen atoms in total. The van der Waals surface area contributed by atoms with Gasteiger partial charge in [0, 0.05) is 13.3 Å². The van der Waals surface area contributed by atoms with Crippen LogP contribution in [-0.2, 0) is 14.3 Å². The van der Waals surface area contributed by atoms with Crippen molar-refractivity contribution in [2.45, 2.75) is 43.5 Å². The highest BCUT2D eigenvalue weighted by atomic mass is 16.7. The fraction of sp³-hybridized carbons (Fsp3) is 0.800. The van der Waals surface area contributed by atoms with Gasteiger partial charge in [0.05, 0.1) is 18.8 Å². The number of carboxylic acids is 1. The van der Waals surface area contributed by atoms with Gasteiger partial charge in [-0.2, -0.15) is 0 Å². The molecule has 5 atom stereocenters. The minimum Gasteiger partial charge on any atom is -0.477 e. The molecule has 0 aliphatic carbocycles. The van der Waals surface area contributed by atoms with Crippen molar-refractivity contribution in [1.82, 2.24) is 5.32 Å². The fourth-order valence-corrected chi connectivity index (χ4v) is 1.95. The second-order valence-electron chi connectivity index (χ2n) is 4.42. The molecule has 9 heteroatoms. The lowest BCUT2D eigenvalue weighted by Gasteiger charge is -2.43. The molecule has 0 radical (unpaired) electrons. The Morgan fingerprint density at radius 3 is 2.53 bits per heavy atom. The van der Waals surface area contributed by atoms with Crippen LogP contribution < -0.4 is 5.32 Å². The lowest BCUT2D eigenvalue weighted by Crippen LogP contribution is -2.66. The molecular weight excluding hydrogens is 262 g/mol. The quantitative estimate of drug-likeness (QED) is 0.313. The van der Waals surface area contributed by atoms with E-state index in [1.807, 2.05) is 0 Å². The Labute approximate surface area is 108 Å². The maximum Gasteiger partial charge on any atom is 0.364 e. The minimum atomic E-state index is -2.69. The van der Waals surface area contributed by atoms with Crippen LogP contribution in [0.5, 0.6) is 0 Å². The molecule has 1 amide bonds. The van der Waals surface area contributed by atoms with E-state index >= 15 is 0 Å². The van der Waals surface area contributed by atoms with E-state index in [1.165, 1.54) is 0 Å². The molecule has 1 fully saturated rings. The summed E-state index contributed by atoms with van der Waals surface area (Å²) in [5.41, 5.74) is 0. The van der Waals surface area contributed by atoms with Gasteiger partial charge in [-0.25, -0.2) is 4.79 Å². The van der Waals surface area contributed by atoms with Crippen molar-refractivity contribution < 1.29 is 39.9 Å². The predicted octanol–water partition coefficient (Wildman–Crippen LogP) is -3.23. The van der Waals surface area contributed by atoms with Crippen molar-refractivity contribution in [3.63, 3.8) is 0 Å². The summed E-state index contributed by atoms with van der Waals surface area (Å²) in [5.74, 6) is -4.96. The molecule has 1 saturated heterocycles. The zero-order valence-corrected chi connectivity index (χ0v) is 10.2. The Morgan fingerprint density at radius 2 is 2.11 bits per heavy atom. The van der Waals surface area contributed by atoms with E-state index in [2.05, 4.69) is 5.32 Å². The second-order valence-corrected chi connectivity index (χ2v) is 4.42. The Balaban J connectivity index is 3.00. The molecule has 0 saturated carbocycles. The highest BCUT2D eigenvalue weighted by molar-refractivity contribution is 5.76. The van der Waals surface area contributed by atoms with Crippen LogP contribution in [0, 0.1) is 0 Å². The van der Waals surface area contributed by atoms with Gasteiger partial charge in [-0.15, -0.1) is 0 Å². The highest BCUT2D eigenvalue weighted by Crippen LogP contribution is 2.29. The number of hydrogen-bond acceptors (Lipinski definition) is 7. The molecule has 110 valence electrons. The van der Waals surface area contributed by atoms with Crippen LogP contribution in [0.15, 0.2) is 0 Å².